The van der Waals surface area contributed by atoms with Crippen molar-refractivity contribution in [2.75, 3.05) is 11.8 Å². The molecule has 1 aliphatic carbocycles. The molecule has 39 heavy (non-hydrogen) atoms. The van der Waals surface area contributed by atoms with Crippen LogP contribution in [0.5, 0.6) is 0 Å². The zero-order valence-electron chi connectivity index (χ0n) is 21.3. The molecular weight excluding hydrogens is 522 g/mol. The fraction of sp³-hybridized carbons (Fsp3) is 0.250. The lowest BCUT2D eigenvalue weighted by Gasteiger charge is -2.13. The first-order chi connectivity index (χ1) is 18.6. The summed E-state index contributed by atoms with van der Waals surface area (Å²) >= 11 is 0. The summed E-state index contributed by atoms with van der Waals surface area (Å²) in [7, 11) is -3.74. The van der Waals surface area contributed by atoms with Crippen LogP contribution >= 0.6 is 0 Å². The van der Waals surface area contributed by atoms with Crippen LogP contribution in [0.4, 0.5) is 10.1 Å². The van der Waals surface area contributed by atoms with Crippen molar-refractivity contribution in [2.45, 2.75) is 37.3 Å². The molecule has 0 saturated heterocycles. The fourth-order valence-corrected chi connectivity index (χ4v) is 5.98. The molecule has 0 bridgehead atoms. The van der Waals surface area contributed by atoms with Crippen LogP contribution < -0.4 is 10.0 Å². The van der Waals surface area contributed by atoms with Gasteiger partial charge in [0, 0.05) is 23.7 Å². The third-order valence-electron chi connectivity index (χ3n) is 6.76. The second-order valence-electron chi connectivity index (χ2n) is 9.79. The number of aryl methyl sites for hydroxylation is 1. The van der Waals surface area contributed by atoms with Crippen molar-refractivity contribution in [3.63, 3.8) is 0 Å². The SMILES string of the molecule is CNC(=O)c1c(-c2ccc(F)cc2)oc2cc(CS(=O)(=O)Nc3cccc(CCB(O)O)c3)c(C3CC3)cc12. The second kappa shape index (κ2) is 10.8. The first kappa shape index (κ1) is 26.9. The first-order valence-electron chi connectivity index (χ1n) is 12.7. The molecule has 1 amide bonds. The maximum Gasteiger partial charge on any atom is 0.451 e. The van der Waals surface area contributed by atoms with Crippen LogP contribution in [-0.2, 0) is 22.2 Å². The monoisotopic (exact) mass is 550 g/mol. The predicted molar refractivity (Wildman–Crippen MR) is 148 cm³/mol. The highest BCUT2D eigenvalue weighted by molar-refractivity contribution is 7.91. The number of sulfonamides is 1. The van der Waals surface area contributed by atoms with E-state index in [1.165, 1.54) is 31.3 Å². The quantitative estimate of drug-likeness (QED) is 0.216. The Morgan fingerprint density at radius 1 is 1.10 bits per heavy atom. The Morgan fingerprint density at radius 2 is 1.85 bits per heavy atom. The van der Waals surface area contributed by atoms with Crippen LogP contribution in [0.15, 0.2) is 65.1 Å². The average Bonchev–Trinajstić information content (AvgIpc) is 3.67. The second-order valence-corrected chi connectivity index (χ2v) is 11.5. The standard InChI is InChI=1S/C28H28BFN2O6S/c1-31-28(33)26-24-15-23(18-5-6-18)20(14-25(24)38-27(26)19-7-9-21(30)10-8-19)16-39(36,37)32-22-4-2-3-17(13-22)11-12-29(34)35/h2-4,7-10,13-15,18,32,34-35H,5-6,11-12,16H2,1H3,(H,31,33). The van der Waals surface area contributed by atoms with Crippen molar-refractivity contribution >= 4 is 39.7 Å². The molecule has 4 aromatic rings. The van der Waals surface area contributed by atoms with Crippen molar-refractivity contribution in [1.29, 1.82) is 0 Å². The van der Waals surface area contributed by atoms with Gasteiger partial charge in [-0.3, -0.25) is 9.52 Å². The summed E-state index contributed by atoms with van der Waals surface area (Å²) < 4.78 is 48.7. The van der Waals surface area contributed by atoms with Gasteiger partial charge < -0.3 is 19.8 Å². The highest BCUT2D eigenvalue weighted by Crippen LogP contribution is 2.45. The van der Waals surface area contributed by atoms with E-state index in [-0.39, 0.29) is 29.7 Å². The van der Waals surface area contributed by atoms with Crippen LogP contribution in [-0.4, -0.2) is 38.5 Å². The van der Waals surface area contributed by atoms with Crippen molar-refractivity contribution in [3.05, 3.63) is 88.7 Å². The smallest absolute Gasteiger partial charge is 0.451 e. The van der Waals surface area contributed by atoms with E-state index in [1.807, 2.05) is 6.07 Å². The number of amides is 1. The van der Waals surface area contributed by atoms with Gasteiger partial charge in [0.25, 0.3) is 5.91 Å². The van der Waals surface area contributed by atoms with Gasteiger partial charge in [-0.2, -0.15) is 0 Å². The summed E-state index contributed by atoms with van der Waals surface area (Å²) in [6.45, 7) is 0. The van der Waals surface area contributed by atoms with Gasteiger partial charge in [-0.05, 0) is 96.7 Å². The number of benzene rings is 3. The third kappa shape index (κ3) is 6.16. The molecule has 0 aliphatic heterocycles. The van der Waals surface area contributed by atoms with E-state index in [9.17, 15) is 17.6 Å². The Kier molecular flexibility index (Phi) is 7.48. The lowest BCUT2D eigenvalue weighted by Crippen LogP contribution is -2.18. The molecule has 202 valence electrons. The number of anilines is 1. The molecule has 1 fully saturated rings. The van der Waals surface area contributed by atoms with E-state index in [2.05, 4.69) is 10.0 Å². The molecule has 1 aliphatic rings. The molecule has 5 rings (SSSR count). The van der Waals surface area contributed by atoms with Gasteiger partial charge in [0.1, 0.15) is 17.2 Å². The van der Waals surface area contributed by atoms with Crippen molar-refractivity contribution in [3.8, 4) is 11.3 Å². The summed E-state index contributed by atoms with van der Waals surface area (Å²) in [4.78, 5) is 12.9. The van der Waals surface area contributed by atoms with Crippen molar-refractivity contribution < 1.29 is 32.1 Å². The number of hydrogen-bond acceptors (Lipinski definition) is 6. The Hall–Kier alpha value is -3.67. The highest BCUT2D eigenvalue weighted by atomic mass is 32.2. The molecule has 3 aromatic carbocycles. The van der Waals surface area contributed by atoms with Gasteiger partial charge in [-0.25, -0.2) is 12.8 Å². The van der Waals surface area contributed by atoms with Crippen LogP contribution in [0, 0.1) is 5.82 Å². The minimum atomic E-state index is -3.83. The van der Waals surface area contributed by atoms with E-state index in [4.69, 9.17) is 14.5 Å². The normalized spacial score (nSPS) is 13.4. The molecule has 4 N–H and O–H groups in total. The van der Waals surface area contributed by atoms with Crippen LogP contribution in [0.25, 0.3) is 22.3 Å². The molecule has 0 atom stereocenters. The van der Waals surface area contributed by atoms with Gasteiger partial charge in [0.15, 0.2) is 0 Å². The number of carbonyl (C=O) groups excluding carboxylic acids is 1. The molecule has 11 heteroatoms. The molecule has 1 aromatic heterocycles. The van der Waals surface area contributed by atoms with E-state index in [1.54, 1.807) is 30.3 Å². The zero-order valence-corrected chi connectivity index (χ0v) is 22.1. The van der Waals surface area contributed by atoms with E-state index >= 15 is 0 Å². The number of rotatable bonds is 10. The molecule has 0 spiro atoms. The molecule has 0 unspecified atom stereocenters. The molecular formula is C28H28BFN2O6S. The number of furan rings is 1. The zero-order chi connectivity index (χ0) is 27.7. The van der Waals surface area contributed by atoms with Crippen LogP contribution in [0.1, 0.15) is 45.8 Å². The topological polar surface area (TPSA) is 129 Å². The Balaban J connectivity index is 1.51. The third-order valence-corrected chi connectivity index (χ3v) is 8.00. The summed E-state index contributed by atoms with van der Waals surface area (Å²) in [5.74, 6) is -0.589. The van der Waals surface area contributed by atoms with E-state index in [0.29, 0.717) is 39.8 Å². The number of nitrogens with one attached hydrogen (secondary N) is 2. The Labute approximate surface area is 226 Å². The lowest BCUT2D eigenvalue weighted by atomic mass is 9.83. The first-order valence-corrected chi connectivity index (χ1v) is 14.3. The number of halogens is 1. The van der Waals surface area contributed by atoms with Crippen LogP contribution in [0.3, 0.4) is 0 Å². The minimum Gasteiger partial charge on any atom is -0.455 e. The summed E-state index contributed by atoms with van der Waals surface area (Å²) in [5.41, 5.74) is 3.81. The van der Waals surface area contributed by atoms with Gasteiger partial charge in [-0.1, -0.05) is 12.1 Å². The molecule has 0 radical (unpaired) electrons. The average molecular weight is 550 g/mol. The predicted octanol–water partition coefficient (Wildman–Crippen LogP) is 4.43. The summed E-state index contributed by atoms with van der Waals surface area (Å²) in [6.07, 6.45) is 2.37. The number of fused-ring (bicyclic) bond motifs is 1. The largest absolute Gasteiger partial charge is 0.455 e. The maximum atomic E-state index is 13.5. The fourth-order valence-electron chi connectivity index (χ4n) is 4.76. The molecule has 1 saturated carbocycles. The van der Waals surface area contributed by atoms with Crippen LogP contribution in [0.2, 0.25) is 6.32 Å². The summed E-state index contributed by atoms with van der Waals surface area (Å²) in [6, 6.07) is 16.0. The number of carbonyl (C=O) groups is 1. The maximum absolute atomic E-state index is 13.5. The molecule has 8 nitrogen and oxygen atoms in total. The van der Waals surface area contributed by atoms with Crippen molar-refractivity contribution in [1.82, 2.24) is 5.32 Å². The number of hydrogen-bond donors (Lipinski definition) is 4. The van der Waals surface area contributed by atoms with E-state index in [0.717, 1.165) is 24.0 Å². The van der Waals surface area contributed by atoms with Gasteiger partial charge in [0.2, 0.25) is 10.0 Å². The minimum absolute atomic E-state index is 0.141. The van der Waals surface area contributed by atoms with Gasteiger partial charge in [-0.15, -0.1) is 0 Å². The Morgan fingerprint density at radius 3 is 2.51 bits per heavy atom. The van der Waals surface area contributed by atoms with Crippen molar-refractivity contribution in [2.24, 2.45) is 0 Å². The van der Waals surface area contributed by atoms with Gasteiger partial charge in [0.05, 0.1) is 11.3 Å². The lowest BCUT2D eigenvalue weighted by molar-refractivity contribution is 0.0964. The highest BCUT2D eigenvalue weighted by Gasteiger charge is 2.31. The molecule has 1 heterocycles. The van der Waals surface area contributed by atoms with E-state index < -0.39 is 23.0 Å². The Bertz CT molecular complexity index is 1630. The van der Waals surface area contributed by atoms with Gasteiger partial charge >= 0.3 is 7.12 Å². The summed E-state index contributed by atoms with van der Waals surface area (Å²) in [5, 5.41) is 21.5.